The fraction of sp³-hybridized carbons (Fsp3) is 0.956. The molecule has 0 aromatic rings. The van der Waals surface area contributed by atoms with E-state index in [2.05, 4.69) is 41.5 Å². The van der Waals surface area contributed by atoms with Gasteiger partial charge in [-0.15, -0.1) is 0 Å². The Morgan fingerprint density at radius 3 is 0.624 bits per heavy atom. The van der Waals surface area contributed by atoms with Gasteiger partial charge in [-0.05, 0) is 37.5 Å². The SMILES string of the molecule is CCCCCCCCCCCCCCCCCCCCCCC(=O)OC[C@H](COP(=O)(O)OC[C@@H](O)COP(=O)(O)OC[C@@H](COC(=O)CCCCCCCCC(C)C)OC(=O)CCCCCCCCCCCCCCCCCCCCC)OC(=O)CCCCCCCCCCCCCCCCCCCCC(C)C. The van der Waals surface area contributed by atoms with Crippen molar-refractivity contribution in [1.82, 2.24) is 0 Å². The highest BCUT2D eigenvalue weighted by Crippen LogP contribution is 2.45. The normalized spacial score (nSPS) is 13.8. The number of hydrogen-bond acceptors (Lipinski definition) is 15. The minimum atomic E-state index is -4.97. The van der Waals surface area contributed by atoms with Gasteiger partial charge in [0, 0.05) is 25.7 Å². The summed E-state index contributed by atoms with van der Waals surface area (Å²) in [6.07, 6.45) is 75.4. The van der Waals surface area contributed by atoms with Crippen LogP contribution in [0.1, 0.15) is 485 Å². The topological polar surface area (TPSA) is 237 Å². The van der Waals surface area contributed by atoms with E-state index >= 15 is 0 Å². The minimum Gasteiger partial charge on any atom is -0.462 e. The molecule has 0 aliphatic carbocycles. The number of carbonyl (C=O) groups excluding carboxylic acids is 4. The zero-order valence-corrected chi connectivity index (χ0v) is 73.7. The summed E-state index contributed by atoms with van der Waals surface area (Å²) in [7, 11) is -9.93. The molecule has 17 nitrogen and oxygen atoms in total. The predicted molar refractivity (Wildman–Crippen MR) is 451 cm³/mol. The van der Waals surface area contributed by atoms with Gasteiger partial charge < -0.3 is 33.8 Å². The molecule has 0 aromatic heterocycles. The Morgan fingerprint density at radius 1 is 0.248 bits per heavy atom. The van der Waals surface area contributed by atoms with Crippen LogP contribution in [-0.4, -0.2) is 96.7 Å². The summed E-state index contributed by atoms with van der Waals surface area (Å²) < 4.78 is 69.0. The number of aliphatic hydroxyl groups excluding tert-OH is 1. The van der Waals surface area contributed by atoms with Gasteiger partial charge in [0.05, 0.1) is 26.4 Å². The first kappa shape index (κ1) is 107. The first-order valence-electron chi connectivity index (χ1n) is 46.5. The van der Waals surface area contributed by atoms with Gasteiger partial charge in [0.25, 0.3) is 0 Å². The quantitative estimate of drug-likeness (QED) is 0.0222. The molecule has 0 heterocycles. The Morgan fingerprint density at radius 2 is 0.422 bits per heavy atom. The van der Waals surface area contributed by atoms with E-state index in [9.17, 15) is 43.2 Å². The molecule has 0 rings (SSSR count). The average Bonchev–Trinajstić information content (AvgIpc) is 0.900. The van der Waals surface area contributed by atoms with Crippen molar-refractivity contribution >= 4 is 39.5 Å². The monoisotopic (exact) mass is 1590 g/mol. The Balaban J connectivity index is 5.20. The fourth-order valence-electron chi connectivity index (χ4n) is 14.1. The predicted octanol–water partition coefficient (Wildman–Crippen LogP) is 27.8. The van der Waals surface area contributed by atoms with Crippen LogP contribution in [0.3, 0.4) is 0 Å². The molecule has 0 saturated heterocycles. The Hall–Kier alpha value is -1.94. The van der Waals surface area contributed by atoms with Gasteiger partial charge in [0.2, 0.25) is 0 Å². The van der Waals surface area contributed by atoms with E-state index in [1.165, 1.54) is 295 Å². The van der Waals surface area contributed by atoms with Crippen LogP contribution in [0.15, 0.2) is 0 Å². The second-order valence-electron chi connectivity index (χ2n) is 33.3. The molecule has 0 radical (unpaired) electrons. The number of esters is 4. The summed E-state index contributed by atoms with van der Waals surface area (Å²) in [5, 5.41) is 10.7. The van der Waals surface area contributed by atoms with E-state index in [1.807, 2.05) is 0 Å². The van der Waals surface area contributed by atoms with E-state index in [0.29, 0.717) is 31.6 Å². The van der Waals surface area contributed by atoms with Gasteiger partial charge in [-0.2, -0.15) is 0 Å². The van der Waals surface area contributed by atoms with Crippen molar-refractivity contribution in [3.05, 3.63) is 0 Å². The number of ether oxygens (including phenoxy) is 4. The number of phosphoric acid groups is 2. The van der Waals surface area contributed by atoms with Crippen LogP contribution in [0.25, 0.3) is 0 Å². The van der Waals surface area contributed by atoms with E-state index < -0.39 is 97.5 Å². The molecule has 0 saturated carbocycles. The molecule has 0 aliphatic rings. The van der Waals surface area contributed by atoms with Gasteiger partial charge in [-0.25, -0.2) is 9.13 Å². The molecule has 2 unspecified atom stereocenters. The summed E-state index contributed by atoms with van der Waals surface area (Å²) in [6, 6.07) is 0. The summed E-state index contributed by atoms with van der Waals surface area (Å²) in [5.74, 6) is -0.601. The molecule has 0 aromatic carbocycles. The lowest BCUT2D eigenvalue weighted by atomic mass is 10.0. The molecular formula is C90H176O17P2. The van der Waals surface area contributed by atoms with Crippen molar-refractivity contribution < 1.29 is 80.2 Å². The third-order valence-corrected chi connectivity index (χ3v) is 23.1. The Bertz CT molecular complexity index is 2080. The van der Waals surface area contributed by atoms with E-state index in [-0.39, 0.29) is 25.7 Å². The standard InChI is InChI=1S/C90H176O17P2/c1-7-9-11-13-15-17-19-21-23-25-27-29-33-37-41-45-49-53-60-66-72-87(92)100-78-85(106-89(94)74-68-62-55-51-47-43-39-35-31-30-32-36-40-44-48-52-58-64-70-82(3)4)80-104-108(96,97)102-76-84(91)77-103-109(98,99)105-81-86(79-101-88(93)73-67-61-57-56-59-65-71-83(5)6)107-90(95)75-69-63-54-50-46-42-38-34-28-26-24-22-20-18-16-14-12-10-8-2/h82-86,91H,7-81H2,1-6H3,(H,96,97)(H,98,99)/t84-,85-,86-/m1/s1. The first-order valence-corrected chi connectivity index (χ1v) is 49.5. The number of hydrogen-bond donors (Lipinski definition) is 3. The molecule has 0 amide bonds. The molecule has 19 heteroatoms. The van der Waals surface area contributed by atoms with Crippen molar-refractivity contribution in [3.63, 3.8) is 0 Å². The van der Waals surface area contributed by atoms with Crippen LogP contribution >= 0.6 is 15.6 Å². The molecule has 0 spiro atoms. The van der Waals surface area contributed by atoms with Gasteiger partial charge in [0.15, 0.2) is 12.2 Å². The molecule has 0 aliphatic heterocycles. The molecule has 109 heavy (non-hydrogen) atoms. The maximum Gasteiger partial charge on any atom is 0.472 e. The van der Waals surface area contributed by atoms with Crippen LogP contribution in [-0.2, 0) is 65.4 Å². The fourth-order valence-corrected chi connectivity index (χ4v) is 15.7. The molecule has 648 valence electrons. The summed E-state index contributed by atoms with van der Waals surface area (Å²) in [5.41, 5.74) is 0. The summed E-state index contributed by atoms with van der Waals surface area (Å²) in [6.45, 7) is 9.65. The van der Waals surface area contributed by atoms with Gasteiger partial charge >= 0.3 is 39.5 Å². The molecular weight excluding hydrogens is 1410 g/mol. The molecule has 3 N–H and O–H groups in total. The maximum atomic E-state index is 13.2. The lowest BCUT2D eigenvalue weighted by Gasteiger charge is -2.21. The highest BCUT2D eigenvalue weighted by Gasteiger charge is 2.31. The van der Waals surface area contributed by atoms with E-state index in [4.69, 9.17) is 37.0 Å². The van der Waals surface area contributed by atoms with Crippen LogP contribution in [0.2, 0.25) is 0 Å². The Kier molecular flexibility index (Phi) is 79.8. The Labute approximate surface area is 670 Å². The van der Waals surface area contributed by atoms with Crippen molar-refractivity contribution in [1.29, 1.82) is 0 Å². The van der Waals surface area contributed by atoms with Crippen molar-refractivity contribution in [2.75, 3.05) is 39.6 Å². The van der Waals surface area contributed by atoms with Crippen molar-refractivity contribution in [2.45, 2.75) is 503 Å². The number of carbonyl (C=O) groups is 4. The average molecular weight is 1590 g/mol. The second kappa shape index (κ2) is 81.2. The number of phosphoric ester groups is 2. The van der Waals surface area contributed by atoms with Crippen molar-refractivity contribution in [3.8, 4) is 0 Å². The van der Waals surface area contributed by atoms with E-state index in [0.717, 1.165) is 102 Å². The van der Waals surface area contributed by atoms with Gasteiger partial charge in [0.1, 0.15) is 19.3 Å². The van der Waals surface area contributed by atoms with Gasteiger partial charge in [-0.3, -0.25) is 37.3 Å². The number of aliphatic hydroxyl groups is 1. The zero-order chi connectivity index (χ0) is 79.9. The summed E-state index contributed by atoms with van der Waals surface area (Å²) >= 11 is 0. The molecule has 5 atom stereocenters. The lowest BCUT2D eigenvalue weighted by Crippen LogP contribution is -2.30. The van der Waals surface area contributed by atoms with Crippen LogP contribution in [0.4, 0.5) is 0 Å². The zero-order valence-electron chi connectivity index (χ0n) is 71.9. The third-order valence-electron chi connectivity index (χ3n) is 21.2. The van der Waals surface area contributed by atoms with Crippen molar-refractivity contribution in [2.24, 2.45) is 11.8 Å². The minimum absolute atomic E-state index is 0.108. The lowest BCUT2D eigenvalue weighted by molar-refractivity contribution is -0.161. The summed E-state index contributed by atoms with van der Waals surface area (Å²) in [4.78, 5) is 73.3. The largest absolute Gasteiger partial charge is 0.472 e. The smallest absolute Gasteiger partial charge is 0.462 e. The number of unbranched alkanes of at least 4 members (excludes halogenated alkanes) is 59. The van der Waals surface area contributed by atoms with Crippen LogP contribution < -0.4 is 0 Å². The van der Waals surface area contributed by atoms with Gasteiger partial charge in [-0.1, -0.05) is 433 Å². The highest BCUT2D eigenvalue weighted by atomic mass is 31.2. The second-order valence-corrected chi connectivity index (χ2v) is 36.2. The molecule has 0 bridgehead atoms. The highest BCUT2D eigenvalue weighted by molar-refractivity contribution is 7.47. The number of rotatable bonds is 89. The maximum absolute atomic E-state index is 13.2. The van der Waals surface area contributed by atoms with Crippen LogP contribution in [0.5, 0.6) is 0 Å². The first-order chi connectivity index (χ1) is 52.9. The van der Waals surface area contributed by atoms with Crippen LogP contribution in [0, 0.1) is 11.8 Å². The molecule has 0 fully saturated rings. The third kappa shape index (κ3) is 83.8. The van der Waals surface area contributed by atoms with E-state index in [1.54, 1.807) is 0 Å².